The lowest BCUT2D eigenvalue weighted by Gasteiger charge is -2.28. The van der Waals surface area contributed by atoms with Crippen LogP contribution in [0.2, 0.25) is 0 Å². The Morgan fingerprint density at radius 2 is 2.00 bits per heavy atom. The van der Waals surface area contributed by atoms with Crippen molar-refractivity contribution < 1.29 is 0 Å². The summed E-state index contributed by atoms with van der Waals surface area (Å²) in [4.78, 5) is 4.52. The monoisotopic (exact) mass is 246 g/mol. The SMILES string of the molecule is CC1CCC(Nc2nccc3c2C(C)NN3)CC1. The van der Waals surface area contributed by atoms with Gasteiger partial charge in [-0.05, 0) is 44.6 Å². The van der Waals surface area contributed by atoms with Crippen LogP contribution in [0.15, 0.2) is 12.3 Å². The third-order valence-corrected chi connectivity index (χ3v) is 4.20. The number of hydrogen-bond acceptors (Lipinski definition) is 4. The highest BCUT2D eigenvalue weighted by atomic mass is 15.4. The number of pyridine rings is 1. The number of hydrogen-bond donors (Lipinski definition) is 3. The van der Waals surface area contributed by atoms with E-state index in [4.69, 9.17) is 0 Å². The molecule has 0 bridgehead atoms. The average molecular weight is 246 g/mol. The Balaban J connectivity index is 1.75. The Bertz CT molecular complexity index is 424. The van der Waals surface area contributed by atoms with Crippen molar-refractivity contribution in [3.8, 4) is 0 Å². The van der Waals surface area contributed by atoms with E-state index < -0.39 is 0 Å². The largest absolute Gasteiger partial charge is 0.367 e. The van der Waals surface area contributed by atoms with Crippen LogP contribution in [0.25, 0.3) is 0 Å². The first kappa shape index (κ1) is 11.8. The van der Waals surface area contributed by atoms with E-state index in [0.717, 1.165) is 17.4 Å². The van der Waals surface area contributed by atoms with Crippen LogP contribution in [0.1, 0.15) is 51.1 Å². The lowest BCUT2D eigenvalue weighted by atomic mass is 9.87. The molecule has 1 unspecified atom stereocenters. The van der Waals surface area contributed by atoms with E-state index in [1.807, 2.05) is 12.3 Å². The van der Waals surface area contributed by atoms with Crippen molar-refractivity contribution >= 4 is 11.5 Å². The lowest BCUT2D eigenvalue weighted by Crippen LogP contribution is -2.26. The van der Waals surface area contributed by atoms with Gasteiger partial charge in [-0.1, -0.05) is 6.92 Å². The minimum Gasteiger partial charge on any atom is -0.367 e. The standard InChI is InChI=1S/C14H22N4/c1-9-3-5-11(6-4-9)16-14-13-10(2)17-18-12(13)7-8-15-14/h7-11,17-18H,3-6H2,1-2H3,(H,15,16). The quantitative estimate of drug-likeness (QED) is 0.750. The van der Waals surface area contributed by atoms with Gasteiger partial charge in [-0.25, -0.2) is 10.4 Å². The number of aromatic nitrogens is 1. The summed E-state index contributed by atoms with van der Waals surface area (Å²) in [6.07, 6.45) is 7.07. The molecule has 1 aliphatic carbocycles. The molecule has 0 amide bonds. The predicted octanol–water partition coefficient (Wildman–Crippen LogP) is 3.06. The number of nitrogens with one attached hydrogen (secondary N) is 3. The third kappa shape index (κ3) is 2.17. The maximum absolute atomic E-state index is 4.52. The van der Waals surface area contributed by atoms with Crippen LogP contribution in [-0.4, -0.2) is 11.0 Å². The van der Waals surface area contributed by atoms with Crippen LogP contribution in [-0.2, 0) is 0 Å². The topological polar surface area (TPSA) is 49.0 Å². The van der Waals surface area contributed by atoms with Crippen molar-refractivity contribution in [3.05, 3.63) is 17.8 Å². The molecule has 3 N–H and O–H groups in total. The summed E-state index contributed by atoms with van der Waals surface area (Å²) in [7, 11) is 0. The van der Waals surface area contributed by atoms with Gasteiger partial charge in [0.2, 0.25) is 0 Å². The molecule has 2 heterocycles. The van der Waals surface area contributed by atoms with E-state index in [1.54, 1.807) is 0 Å². The van der Waals surface area contributed by atoms with E-state index >= 15 is 0 Å². The van der Waals surface area contributed by atoms with Crippen LogP contribution in [0, 0.1) is 5.92 Å². The first-order valence-electron chi connectivity index (χ1n) is 7.01. The van der Waals surface area contributed by atoms with Crippen LogP contribution in [0.5, 0.6) is 0 Å². The molecule has 2 aliphatic rings. The van der Waals surface area contributed by atoms with E-state index in [0.29, 0.717) is 12.1 Å². The Morgan fingerprint density at radius 3 is 2.78 bits per heavy atom. The van der Waals surface area contributed by atoms with Crippen molar-refractivity contribution in [1.29, 1.82) is 0 Å². The fourth-order valence-corrected chi connectivity index (χ4v) is 2.99. The minimum absolute atomic E-state index is 0.318. The molecule has 1 atom stereocenters. The summed E-state index contributed by atoms with van der Waals surface area (Å²) in [5, 5.41) is 3.64. The van der Waals surface area contributed by atoms with Gasteiger partial charge in [-0.3, -0.25) is 0 Å². The fourth-order valence-electron chi connectivity index (χ4n) is 2.99. The van der Waals surface area contributed by atoms with Gasteiger partial charge in [-0.2, -0.15) is 0 Å². The molecule has 4 heteroatoms. The Kier molecular flexibility index (Phi) is 3.12. The fraction of sp³-hybridized carbons (Fsp3) is 0.643. The van der Waals surface area contributed by atoms with Crippen molar-refractivity contribution in [3.63, 3.8) is 0 Å². The highest BCUT2D eigenvalue weighted by Gasteiger charge is 2.24. The van der Waals surface area contributed by atoms with Crippen molar-refractivity contribution in [2.24, 2.45) is 5.92 Å². The lowest BCUT2D eigenvalue weighted by molar-refractivity contribution is 0.360. The molecule has 0 spiro atoms. The average Bonchev–Trinajstić information content (AvgIpc) is 2.75. The zero-order chi connectivity index (χ0) is 12.5. The first-order chi connectivity index (χ1) is 8.74. The van der Waals surface area contributed by atoms with Crippen LogP contribution in [0.4, 0.5) is 11.5 Å². The second kappa shape index (κ2) is 4.76. The zero-order valence-electron chi connectivity index (χ0n) is 11.2. The van der Waals surface area contributed by atoms with Crippen molar-refractivity contribution in [1.82, 2.24) is 10.4 Å². The Hall–Kier alpha value is -1.29. The molecule has 3 rings (SSSR count). The van der Waals surface area contributed by atoms with Crippen LogP contribution >= 0.6 is 0 Å². The highest BCUT2D eigenvalue weighted by Crippen LogP contribution is 2.34. The van der Waals surface area contributed by atoms with Gasteiger partial charge in [0.25, 0.3) is 0 Å². The van der Waals surface area contributed by atoms with Gasteiger partial charge in [0.05, 0.1) is 11.7 Å². The molecule has 1 aromatic rings. The van der Waals surface area contributed by atoms with E-state index in [-0.39, 0.29) is 0 Å². The molecule has 0 saturated heterocycles. The molecular formula is C14H22N4. The molecule has 1 fully saturated rings. The van der Waals surface area contributed by atoms with E-state index in [9.17, 15) is 0 Å². The number of rotatable bonds is 2. The van der Waals surface area contributed by atoms with Crippen molar-refractivity contribution in [2.45, 2.75) is 51.6 Å². The molecular weight excluding hydrogens is 224 g/mol. The van der Waals surface area contributed by atoms with Gasteiger partial charge in [0.15, 0.2) is 0 Å². The summed E-state index contributed by atoms with van der Waals surface area (Å²) >= 11 is 0. The van der Waals surface area contributed by atoms with Gasteiger partial charge < -0.3 is 10.7 Å². The maximum Gasteiger partial charge on any atom is 0.133 e. The molecule has 4 nitrogen and oxygen atoms in total. The second-order valence-corrected chi connectivity index (χ2v) is 5.71. The Morgan fingerprint density at radius 1 is 1.22 bits per heavy atom. The number of anilines is 2. The van der Waals surface area contributed by atoms with Gasteiger partial charge in [0.1, 0.15) is 5.82 Å². The van der Waals surface area contributed by atoms with Gasteiger partial charge in [-0.15, -0.1) is 0 Å². The zero-order valence-corrected chi connectivity index (χ0v) is 11.2. The summed E-state index contributed by atoms with van der Waals surface area (Å²) in [5.41, 5.74) is 8.88. The van der Waals surface area contributed by atoms with Gasteiger partial charge >= 0.3 is 0 Å². The van der Waals surface area contributed by atoms with Crippen LogP contribution in [0.3, 0.4) is 0 Å². The van der Waals surface area contributed by atoms with Crippen molar-refractivity contribution in [2.75, 3.05) is 10.7 Å². The Labute approximate surface area is 109 Å². The van der Waals surface area contributed by atoms with Gasteiger partial charge in [0, 0.05) is 17.8 Å². The molecule has 18 heavy (non-hydrogen) atoms. The number of nitrogens with zero attached hydrogens (tertiary/aromatic N) is 1. The summed E-state index contributed by atoms with van der Waals surface area (Å²) < 4.78 is 0. The minimum atomic E-state index is 0.318. The molecule has 1 saturated carbocycles. The molecule has 98 valence electrons. The summed E-state index contributed by atoms with van der Waals surface area (Å²) in [6.45, 7) is 4.51. The number of hydrazine groups is 1. The summed E-state index contributed by atoms with van der Waals surface area (Å²) in [5.74, 6) is 1.94. The molecule has 1 aliphatic heterocycles. The smallest absolute Gasteiger partial charge is 0.133 e. The maximum atomic E-state index is 4.52. The molecule has 1 aromatic heterocycles. The molecule has 0 aromatic carbocycles. The summed E-state index contributed by atoms with van der Waals surface area (Å²) in [6, 6.07) is 2.94. The van der Waals surface area contributed by atoms with E-state index in [1.165, 1.54) is 31.2 Å². The predicted molar refractivity (Wildman–Crippen MR) is 74.5 cm³/mol. The number of fused-ring (bicyclic) bond motifs is 1. The highest BCUT2D eigenvalue weighted by molar-refractivity contribution is 5.65. The van der Waals surface area contributed by atoms with Crippen LogP contribution < -0.4 is 16.2 Å². The first-order valence-corrected chi connectivity index (χ1v) is 7.01. The third-order valence-electron chi connectivity index (χ3n) is 4.20. The van der Waals surface area contributed by atoms with E-state index in [2.05, 4.69) is 35.0 Å². The molecule has 0 radical (unpaired) electrons. The normalized spacial score (nSPS) is 30.7. The second-order valence-electron chi connectivity index (χ2n) is 5.71.